The lowest BCUT2D eigenvalue weighted by Gasteiger charge is -2.17. The first-order chi connectivity index (χ1) is 10.2. The highest BCUT2D eigenvalue weighted by atomic mass is 35.5. The Morgan fingerprint density at radius 3 is 2.71 bits per heavy atom. The SMILES string of the molecule is CCCCCCC(=O)C[C@H](SCCO)c1ccccc1Cl. The number of hydrogen-bond donors (Lipinski definition) is 1. The second kappa shape index (κ2) is 11.1. The first kappa shape index (κ1) is 18.5. The van der Waals surface area contributed by atoms with E-state index in [9.17, 15) is 4.79 Å². The van der Waals surface area contributed by atoms with Crippen molar-refractivity contribution < 1.29 is 9.90 Å². The molecule has 0 aliphatic heterocycles. The maximum Gasteiger partial charge on any atom is 0.134 e. The van der Waals surface area contributed by atoms with Crippen LogP contribution >= 0.6 is 23.4 Å². The minimum atomic E-state index is 0.0459. The molecule has 0 bridgehead atoms. The molecule has 0 saturated heterocycles. The first-order valence-corrected chi connectivity index (χ1v) is 9.10. The number of rotatable bonds is 11. The minimum absolute atomic E-state index is 0.0459. The molecular formula is C17H25ClO2S. The van der Waals surface area contributed by atoms with Gasteiger partial charge in [-0.1, -0.05) is 56.0 Å². The summed E-state index contributed by atoms with van der Waals surface area (Å²) in [4.78, 5) is 12.1. The highest BCUT2D eigenvalue weighted by Gasteiger charge is 2.18. The molecule has 2 nitrogen and oxygen atoms in total. The lowest BCUT2D eigenvalue weighted by molar-refractivity contribution is -0.119. The van der Waals surface area contributed by atoms with E-state index in [2.05, 4.69) is 6.92 Å². The predicted molar refractivity (Wildman–Crippen MR) is 92.1 cm³/mol. The number of unbranched alkanes of at least 4 members (excludes halogenated alkanes) is 3. The summed E-state index contributed by atoms with van der Waals surface area (Å²) >= 11 is 7.85. The lowest BCUT2D eigenvalue weighted by Crippen LogP contribution is -2.06. The van der Waals surface area contributed by atoms with Crippen LogP contribution in [0.25, 0.3) is 0 Å². The summed E-state index contributed by atoms with van der Waals surface area (Å²) in [6.45, 7) is 2.29. The van der Waals surface area contributed by atoms with Crippen molar-refractivity contribution in [1.29, 1.82) is 0 Å². The van der Waals surface area contributed by atoms with Crippen LogP contribution in [-0.4, -0.2) is 23.2 Å². The van der Waals surface area contributed by atoms with Crippen LogP contribution in [0.15, 0.2) is 24.3 Å². The zero-order valence-electron chi connectivity index (χ0n) is 12.7. The third-order valence-electron chi connectivity index (χ3n) is 3.38. The van der Waals surface area contributed by atoms with E-state index in [4.69, 9.17) is 16.7 Å². The van der Waals surface area contributed by atoms with Crippen molar-refractivity contribution in [2.45, 2.75) is 50.7 Å². The van der Waals surface area contributed by atoms with Gasteiger partial charge in [0, 0.05) is 28.9 Å². The molecule has 0 heterocycles. The summed E-state index contributed by atoms with van der Waals surface area (Å²) in [5.41, 5.74) is 1.000. The van der Waals surface area contributed by atoms with Crippen LogP contribution in [0.1, 0.15) is 56.3 Å². The third kappa shape index (κ3) is 7.35. The van der Waals surface area contributed by atoms with E-state index in [-0.39, 0.29) is 11.9 Å². The molecular weight excluding hydrogens is 304 g/mol. The van der Waals surface area contributed by atoms with Crippen molar-refractivity contribution in [3.63, 3.8) is 0 Å². The molecule has 0 aromatic heterocycles. The summed E-state index contributed by atoms with van der Waals surface area (Å²) in [7, 11) is 0. The molecule has 0 aliphatic rings. The number of benzene rings is 1. The molecule has 0 unspecified atom stereocenters. The molecule has 1 rings (SSSR count). The van der Waals surface area contributed by atoms with E-state index in [0.29, 0.717) is 29.4 Å². The van der Waals surface area contributed by atoms with Gasteiger partial charge in [0.2, 0.25) is 0 Å². The Balaban J connectivity index is 2.58. The summed E-state index contributed by atoms with van der Waals surface area (Å²) in [5, 5.41) is 9.77. The zero-order chi connectivity index (χ0) is 15.5. The van der Waals surface area contributed by atoms with Gasteiger partial charge in [-0.15, -0.1) is 0 Å². The van der Waals surface area contributed by atoms with Gasteiger partial charge >= 0.3 is 0 Å². The second-order valence-electron chi connectivity index (χ2n) is 5.16. The van der Waals surface area contributed by atoms with E-state index < -0.39 is 0 Å². The quantitative estimate of drug-likeness (QED) is 0.578. The zero-order valence-corrected chi connectivity index (χ0v) is 14.3. The van der Waals surface area contributed by atoms with Crippen LogP contribution in [0.3, 0.4) is 0 Å². The maximum atomic E-state index is 12.1. The predicted octanol–water partition coefficient (Wildman–Crippen LogP) is 5.04. The average molecular weight is 329 g/mol. The molecule has 0 fully saturated rings. The van der Waals surface area contributed by atoms with Crippen LogP contribution in [0.2, 0.25) is 5.02 Å². The van der Waals surface area contributed by atoms with Gasteiger partial charge in [0.05, 0.1) is 6.61 Å². The van der Waals surface area contributed by atoms with Crippen LogP contribution in [0, 0.1) is 0 Å². The normalized spacial score (nSPS) is 12.3. The maximum absolute atomic E-state index is 12.1. The highest BCUT2D eigenvalue weighted by molar-refractivity contribution is 7.99. The van der Waals surface area contributed by atoms with Gasteiger partial charge in [-0.2, -0.15) is 11.8 Å². The Labute approximate surface area is 137 Å². The van der Waals surface area contributed by atoms with Crippen LogP contribution in [0.4, 0.5) is 0 Å². The smallest absolute Gasteiger partial charge is 0.134 e. The van der Waals surface area contributed by atoms with Gasteiger partial charge < -0.3 is 5.11 Å². The van der Waals surface area contributed by atoms with Gasteiger partial charge in [0.25, 0.3) is 0 Å². The number of hydrogen-bond acceptors (Lipinski definition) is 3. The van der Waals surface area contributed by atoms with Crippen LogP contribution < -0.4 is 0 Å². The Kier molecular flexibility index (Phi) is 9.81. The molecule has 0 spiro atoms. The number of thioether (sulfide) groups is 1. The Bertz CT molecular complexity index is 423. The molecule has 0 saturated carbocycles. The van der Waals surface area contributed by atoms with E-state index in [0.717, 1.165) is 18.4 Å². The van der Waals surface area contributed by atoms with E-state index >= 15 is 0 Å². The van der Waals surface area contributed by atoms with Gasteiger partial charge in [-0.3, -0.25) is 4.79 Å². The van der Waals surface area contributed by atoms with Crippen molar-refractivity contribution in [1.82, 2.24) is 0 Å². The van der Waals surface area contributed by atoms with Gasteiger partial charge in [0.1, 0.15) is 5.78 Å². The fraction of sp³-hybridized carbons (Fsp3) is 0.588. The molecule has 0 aliphatic carbocycles. The van der Waals surface area contributed by atoms with E-state index in [1.165, 1.54) is 12.8 Å². The minimum Gasteiger partial charge on any atom is -0.396 e. The molecule has 0 radical (unpaired) electrons. The molecule has 1 aromatic rings. The van der Waals surface area contributed by atoms with Crippen molar-refractivity contribution in [3.05, 3.63) is 34.9 Å². The summed E-state index contributed by atoms with van der Waals surface area (Å²) in [6.07, 6.45) is 5.64. The Morgan fingerprint density at radius 1 is 1.29 bits per heavy atom. The van der Waals surface area contributed by atoms with Crippen LogP contribution in [0.5, 0.6) is 0 Å². The fourth-order valence-electron chi connectivity index (χ4n) is 2.25. The standard InChI is InChI=1S/C17H25ClO2S/c1-2-3-4-5-8-14(20)13-17(21-12-11-19)15-9-6-7-10-16(15)18/h6-7,9-10,17,19H,2-5,8,11-13H2,1H3/t17-/m0/s1. The molecule has 4 heteroatoms. The summed E-state index contributed by atoms with van der Waals surface area (Å²) in [5.74, 6) is 0.917. The van der Waals surface area contributed by atoms with Gasteiger partial charge in [-0.25, -0.2) is 0 Å². The van der Waals surface area contributed by atoms with Crippen molar-refractivity contribution in [2.75, 3.05) is 12.4 Å². The van der Waals surface area contributed by atoms with Gasteiger partial charge in [0.15, 0.2) is 0 Å². The molecule has 1 aromatic carbocycles. The molecule has 0 amide bonds. The number of carbonyl (C=O) groups is 1. The monoisotopic (exact) mass is 328 g/mol. The largest absolute Gasteiger partial charge is 0.396 e. The van der Waals surface area contributed by atoms with E-state index in [1.807, 2.05) is 24.3 Å². The fourth-order valence-corrected chi connectivity index (χ4v) is 3.66. The average Bonchev–Trinajstić information content (AvgIpc) is 2.48. The molecule has 1 atom stereocenters. The number of aliphatic hydroxyl groups excluding tert-OH is 1. The highest BCUT2D eigenvalue weighted by Crippen LogP contribution is 2.36. The number of aliphatic hydroxyl groups is 1. The van der Waals surface area contributed by atoms with Crippen molar-refractivity contribution in [3.8, 4) is 0 Å². The van der Waals surface area contributed by atoms with Crippen LogP contribution in [-0.2, 0) is 4.79 Å². The number of Topliss-reactive ketones (excluding diaryl/α,β-unsaturated/α-hetero) is 1. The van der Waals surface area contributed by atoms with Crippen molar-refractivity contribution >= 4 is 29.1 Å². The molecule has 1 N–H and O–H groups in total. The first-order valence-electron chi connectivity index (χ1n) is 7.67. The van der Waals surface area contributed by atoms with Crippen molar-refractivity contribution in [2.24, 2.45) is 0 Å². The summed E-state index contributed by atoms with van der Waals surface area (Å²) < 4.78 is 0. The summed E-state index contributed by atoms with van der Waals surface area (Å²) in [6, 6.07) is 7.67. The Hall–Kier alpha value is -0.510. The topological polar surface area (TPSA) is 37.3 Å². The number of halogens is 1. The molecule has 21 heavy (non-hydrogen) atoms. The number of ketones is 1. The Morgan fingerprint density at radius 2 is 2.05 bits per heavy atom. The lowest BCUT2D eigenvalue weighted by atomic mass is 10.0. The van der Waals surface area contributed by atoms with Gasteiger partial charge in [-0.05, 0) is 18.1 Å². The third-order valence-corrected chi connectivity index (χ3v) is 4.97. The number of carbonyl (C=O) groups excluding carboxylic acids is 1. The van der Waals surface area contributed by atoms with E-state index in [1.54, 1.807) is 11.8 Å². The second-order valence-corrected chi connectivity index (χ2v) is 6.88. The molecule has 118 valence electrons.